The lowest BCUT2D eigenvalue weighted by molar-refractivity contribution is -0.136. The molecule has 7 heteroatoms. The Labute approximate surface area is 183 Å². The number of esters is 1. The number of hydrogen-bond acceptors (Lipinski definition) is 6. The van der Waals surface area contributed by atoms with Crippen LogP contribution in [0.5, 0.6) is 0 Å². The van der Waals surface area contributed by atoms with Crippen molar-refractivity contribution in [1.82, 2.24) is 4.57 Å². The Balaban J connectivity index is 1.95. The normalized spacial score (nSPS) is 16.5. The van der Waals surface area contributed by atoms with E-state index in [1.54, 1.807) is 17.6 Å². The van der Waals surface area contributed by atoms with E-state index in [-0.39, 0.29) is 5.56 Å². The van der Waals surface area contributed by atoms with E-state index in [1.165, 1.54) is 24.0 Å². The first-order valence-corrected chi connectivity index (χ1v) is 10.9. The summed E-state index contributed by atoms with van der Waals surface area (Å²) in [7, 11) is 1.34. The van der Waals surface area contributed by atoms with E-state index in [9.17, 15) is 9.59 Å². The predicted molar refractivity (Wildman–Crippen MR) is 120 cm³/mol. The number of fused-ring (bicyclic) bond motifs is 1. The van der Waals surface area contributed by atoms with Crippen LogP contribution in [0.15, 0.2) is 61.9 Å². The third-order valence-corrected chi connectivity index (χ3v) is 6.36. The quantitative estimate of drug-likeness (QED) is 0.588. The molecule has 160 valence electrons. The monoisotopic (exact) mass is 436 g/mol. The molecule has 1 atom stereocenters. The summed E-state index contributed by atoms with van der Waals surface area (Å²) in [5.74, 6) is 1.26. The van der Waals surface area contributed by atoms with Gasteiger partial charge in [-0.3, -0.25) is 9.36 Å². The molecule has 1 unspecified atom stereocenters. The molecule has 0 aliphatic carbocycles. The molecule has 0 amide bonds. The highest BCUT2D eigenvalue weighted by atomic mass is 32.1. The van der Waals surface area contributed by atoms with E-state index >= 15 is 0 Å². The molecule has 6 nitrogen and oxygen atoms in total. The lowest BCUT2D eigenvalue weighted by Crippen LogP contribution is -2.39. The molecule has 0 N–H and O–H groups in total. The van der Waals surface area contributed by atoms with E-state index in [0.29, 0.717) is 32.3 Å². The largest absolute Gasteiger partial charge is 0.466 e. The van der Waals surface area contributed by atoms with Crippen LogP contribution in [0.2, 0.25) is 0 Å². The average molecular weight is 437 g/mol. The number of thiazole rings is 1. The van der Waals surface area contributed by atoms with Crippen LogP contribution in [0, 0.1) is 6.92 Å². The molecule has 3 heterocycles. The average Bonchev–Trinajstić information content (AvgIpc) is 3.29. The zero-order chi connectivity index (χ0) is 22.3. The first-order chi connectivity index (χ1) is 14.8. The van der Waals surface area contributed by atoms with Crippen molar-refractivity contribution in [3.05, 3.63) is 90.0 Å². The Morgan fingerprint density at radius 1 is 1.19 bits per heavy atom. The van der Waals surface area contributed by atoms with Gasteiger partial charge in [0.25, 0.3) is 5.56 Å². The van der Waals surface area contributed by atoms with Crippen LogP contribution < -0.4 is 14.9 Å². The van der Waals surface area contributed by atoms with Gasteiger partial charge >= 0.3 is 5.97 Å². The number of carbonyl (C=O) groups excluding carboxylic acids is 1. The minimum Gasteiger partial charge on any atom is -0.466 e. The highest BCUT2D eigenvalue weighted by Gasteiger charge is 2.33. The lowest BCUT2D eigenvalue weighted by atomic mass is 9.93. The smallest absolute Gasteiger partial charge is 0.338 e. The maximum Gasteiger partial charge on any atom is 0.338 e. The Morgan fingerprint density at radius 3 is 2.48 bits per heavy atom. The third kappa shape index (κ3) is 3.81. The Bertz CT molecular complexity index is 1350. The molecule has 3 aromatic rings. The number of carbonyl (C=O) groups is 1. The van der Waals surface area contributed by atoms with E-state index < -0.39 is 12.0 Å². The van der Waals surface area contributed by atoms with Crippen molar-refractivity contribution in [3.8, 4) is 0 Å². The molecule has 1 aromatic carbocycles. The number of furan rings is 1. The number of hydrogen-bond donors (Lipinski definition) is 0. The number of methoxy groups -OCH3 is 1. The van der Waals surface area contributed by atoms with Crippen molar-refractivity contribution in [2.75, 3.05) is 7.11 Å². The molecule has 0 fully saturated rings. The number of benzene rings is 1. The van der Waals surface area contributed by atoms with Crippen LogP contribution in [0.1, 0.15) is 55.4 Å². The summed E-state index contributed by atoms with van der Waals surface area (Å²) in [5.41, 5.74) is 2.72. The van der Waals surface area contributed by atoms with E-state index in [1.807, 2.05) is 43.3 Å². The molecule has 4 rings (SSSR count). The van der Waals surface area contributed by atoms with E-state index in [4.69, 9.17) is 9.15 Å². The number of aromatic nitrogens is 1. The van der Waals surface area contributed by atoms with Crippen LogP contribution in [-0.2, 0) is 9.53 Å². The molecule has 0 bridgehead atoms. The summed E-state index contributed by atoms with van der Waals surface area (Å²) in [6, 6.07) is 11.1. The van der Waals surface area contributed by atoms with Crippen LogP contribution in [0.25, 0.3) is 6.08 Å². The number of aryl methyl sites for hydroxylation is 1. The van der Waals surface area contributed by atoms with Crippen molar-refractivity contribution >= 4 is 23.4 Å². The highest BCUT2D eigenvalue weighted by molar-refractivity contribution is 7.07. The Morgan fingerprint density at radius 2 is 1.90 bits per heavy atom. The number of ether oxygens (including phenoxy) is 1. The topological polar surface area (TPSA) is 73.8 Å². The fourth-order valence-corrected chi connectivity index (χ4v) is 4.76. The predicted octanol–water partition coefficient (Wildman–Crippen LogP) is 3.43. The molecule has 2 aromatic heterocycles. The molecule has 0 spiro atoms. The minimum absolute atomic E-state index is 0.218. The van der Waals surface area contributed by atoms with Gasteiger partial charge in [-0.05, 0) is 43.0 Å². The second-order valence-electron chi connectivity index (χ2n) is 7.84. The van der Waals surface area contributed by atoms with Gasteiger partial charge in [-0.1, -0.05) is 49.4 Å². The maximum atomic E-state index is 13.4. The van der Waals surface area contributed by atoms with Crippen molar-refractivity contribution in [2.45, 2.75) is 39.7 Å². The van der Waals surface area contributed by atoms with Gasteiger partial charge in [0, 0.05) is 6.08 Å². The summed E-state index contributed by atoms with van der Waals surface area (Å²) in [6.45, 7) is 7.87. The molecule has 0 radical (unpaired) electrons. The zero-order valence-corrected chi connectivity index (χ0v) is 18.9. The van der Waals surface area contributed by atoms with Crippen molar-refractivity contribution in [3.63, 3.8) is 0 Å². The molecule has 1 aliphatic heterocycles. The first-order valence-electron chi connectivity index (χ1n) is 10.1. The summed E-state index contributed by atoms with van der Waals surface area (Å²) >= 11 is 1.28. The SMILES string of the molecule is COC(=O)C1=C(C)N=c2s/c(=C\c3ccc(C)o3)c(=O)n2C1c1ccc(C(C)C)cc1. The lowest BCUT2D eigenvalue weighted by Gasteiger charge is -2.24. The van der Waals surface area contributed by atoms with Crippen molar-refractivity contribution in [2.24, 2.45) is 4.99 Å². The first kappa shape index (κ1) is 21.1. The van der Waals surface area contributed by atoms with Gasteiger partial charge in [0.2, 0.25) is 0 Å². The fourth-order valence-electron chi connectivity index (χ4n) is 3.73. The maximum absolute atomic E-state index is 13.4. The Hall–Kier alpha value is -3.19. The standard InChI is InChI=1S/C24H24N2O4S/c1-13(2)16-7-9-17(10-8-16)21-20(23(28)29-5)15(4)25-24-26(21)22(27)19(31-24)12-18-11-6-14(3)30-18/h6-13,21H,1-5H3/b19-12-. The molecular formula is C24H24N2O4S. The van der Waals surface area contributed by atoms with Gasteiger partial charge < -0.3 is 9.15 Å². The van der Waals surface area contributed by atoms with Gasteiger partial charge in [0.1, 0.15) is 11.5 Å². The fraction of sp³-hybridized carbons (Fsp3) is 0.292. The molecule has 0 saturated heterocycles. The Kier molecular flexibility index (Phi) is 5.54. The summed E-state index contributed by atoms with van der Waals surface area (Å²) in [4.78, 5) is 31.2. The molecule has 0 saturated carbocycles. The van der Waals surface area contributed by atoms with Crippen molar-refractivity contribution in [1.29, 1.82) is 0 Å². The van der Waals surface area contributed by atoms with Gasteiger partial charge in [-0.2, -0.15) is 0 Å². The third-order valence-electron chi connectivity index (χ3n) is 5.38. The van der Waals surface area contributed by atoms with Crippen molar-refractivity contribution < 1.29 is 13.9 Å². The summed E-state index contributed by atoms with van der Waals surface area (Å²) < 4.78 is 12.7. The van der Waals surface area contributed by atoms with Crippen LogP contribution >= 0.6 is 11.3 Å². The van der Waals surface area contributed by atoms with Crippen LogP contribution in [0.3, 0.4) is 0 Å². The number of rotatable bonds is 4. The van der Waals surface area contributed by atoms with E-state index in [2.05, 4.69) is 18.8 Å². The minimum atomic E-state index is -0.606. The highest BCUT2D eigenvalue weighted by Crippen LogP contribution is 2.31. The van der Waals surface area contributed by atoms with Gasteiger partial charge in [0.15, 0.2) is 4.80 Å². The summed E-state index contributed by atoms with van der Waals surface area (Å²) in [6.07, 6.45) is 1.72. The van der Waals surface area contributed by atoms with Crippen LogP contribution in [-0.4, -0.2) is 17.6 Å². The van der Waals surface area contributed by atoms with E-state index in [0.717, 1.165) is 11.3 Å². The van der Waals surface area contributed by atoms with Gasteiger partial charge in [0.05, 0.1) is 29.0 Å². The molecule has 1 aliphatic rings. The number of nitrogens with zero attached hydrogens (tertiary/aromatic N) is 2. The van der Waals surface area contributed by atoms with Gasteiger partial charge in [-0.25, -0.2) is 9.79 Å². The number of allylic oxidation sites excluding steroid dienone is 1. The second kappa shape index (κ2) is 8.15. The summed E-state index contributed by atoms with van der Waals surface area (Å²) in [5, 5.41) is 0. The molecule has 31 heavy (non-hydrogen) atoms. The zero-order valence-electron chi connectivity index (χ0n) is 18.1. The molecular weight excluding hydrogens is 412 g/mol. The van der Waals surface area contributed by atoms with Crippen LogP contribution in [0.4, 0.5) is 0 Å². The van der Waals surface area contributed by atoms with Gasteiger partial charge in [-0.15, -0.1) is 0 Å². The second-order valence-corrected chi connectivity index (χ2v) is 8.85.